The summed E-state index contributed by atoms with van der Waals surface area (Å²) in [5.74, 6) is -0.319. The van der Waals surface area contributed by atoms with Crippen molar-refractivity contribution in [2.24, 2.45) is 4.99 Å². The van der Waals surface area contributed by atoms with Crippen LogP contribution in [0.3, 0.4) is 0 Å². The number of carbonyl (C=O) groups is 1. The van der Waals surface area contributed by atoms with Gasteiger partial charge in [0.25, 0.3) is 0 Å². The SMILES string of the molecule is CCOC(=O)c1ccc(-n2c(-c3ccccc3)cc(C=Nc3ccc(CC)cc3)c2-c2ccccc2)cc1. The Morgan fingerprint density at radius 3 is 2.03 bits per heavy atom. The summed E-state index contributed by atoms with van der Waals surface area (Å²) in [7, 11) is 0. The van der Waals surface area contributed by atoms with Crippen molar-refractivity contribution in [1.82, 2.24) is 4.57 Å². The number of hydrogen-bond acceptors (Lipinski definition) is 3. The number of esters is 1. The van der Waals surface area contributed by atoms with Crippen LogP contribution in [0.2, 0.25) is 0 Å². The van der Waals surface area contributed by atoms with E-state index in [2.05, 4.69) is 66.1 Å². The number of nitrogens with zero attached hydrogens (tertiary/aromatic N) is 2. The maximum Gasteiger partial charge on any atom is 0.338 e. The van der Waals surface area contributed by atoms with Crippen molar-refractivity contribution in [3.8, 4) is 28.2 Å². The molecule has 4 nitrogen and oxygen atoms in total. The van der Waals surface area contributed by atoms with E-state index in [1.165, 1.54) is 5.56 Å². The molecule has 0 atom stereocenters. The minimum absolute atomic E-state index is 0.319. The van der Waals surface area contributed by atoms with Crippen LogP contribution in [0.25, 0.3) is 28.2 Å². The van der Waals surface area contributed by atoms with Gasteiger partial charge in [-0.05, 0) is 72.5 Å². The molecule has 0 saturated carbocycles. The number of ether oxygens (including phenoxy) is 1. The van der Waals surface area contributed by atoms with Crippen molar-refractivity contribution < 1.29 is 9.53 Å². The second-order valence-electron chi connectivity index (χ2n) is 8.95. The van der Waals surface area contributed by atoms with Crippen molar-refractivity contribution in [3.63, 3.8) is 0 Å². The smallest absolute Gasteiger partial charge is 0.338 e. The first-order valence-electron chi connectivity index (χ1n) is 12.9. The van der Waals surface area contributed by atoms with E-state index >= 15 is 0 Å². The summed E-state index contributed by atoms with van der Waals surface area (Å²) in [6, 6.07) is 38.8. The molecule has 0 saturated heterocycles. The number of aromatic nitrogens is 1. The quantitative estimate of drug-likeness (QED) is 0.159. The fraction of sp³-hybridized carbons (Fsp3) is 0.118. The third-order valence-electron chi connectivity index (χ3n) is 6.48. The molecule has 188 valence electrons. The van der Waals surface area contributed by atoms with E-state index in [0.29, 0.717) is 12.2 Å². The Morgan fingerprint density at radius 2 is 1.42 bits per heavy atom. The first-order chi connectivity index (χ1) is 18.7. The number of hydrogen-bond donors (Lipinski definition) is 0. The van der Waals surface area contributed by atoms with Gasteiger partial charge in [0, 0.05) is 17.5 Å². The van der Waals surface area contributed by atoms with Gasteiger partial charge >= 0.3 is 5.97 Å². The molecule has 0 aliphatic heterocycles. The van der Waals surface area contributed by atoms with Gasteiger partial charge in [-0.25, -0.2) is 4.79 Å². The van der Waals surface area contributed by atoms with Crippen molar-refractivity contribution in [2.75, 3.05) is 6.61 Å². The lowest BCUT2D eigenvalue weighted by atomic mass is 10.1. The summed E-state index contributed by atoms with van der Waals surface area (Å²) in [5.41, 5.74) is 8.91. The van der Waals surface area contributed by atoms with Gasteiger partial charge in [0.05, 0.1) is 29.2 Å². The number of carbonyl (C=O) groups excluding carboxylic acids is 1. The normalized spacial score (nSPS) is 11.1. The molecule has 38 heavy (non-hydrogen) atoms. The second kappa shape index (κ2) is 11.6. The van der Waals surface area contributed by atoms with Crippen LogP contribution in [0.4, 0.5) is 5.69 Å². The highest BCUT2D eigenvalue weighted by atomic mass is 16.5. The number of aliphatic imine (C=N–C) groups is 1. The molecule has 0 fully saturated rings. The summed E-state index contributed by atoms with van der Waals surface area (Å²) in [6.07, 6.45) is 2.94. The van der Waals surface area contributed by atoms with Crippen LogP contribution in [0.1, 0.15) is 35.3 Å². The summed E-state index contributed by atoms with van der Waals surface area (Å²) >= 11 is 0. The molecule has 0 radical (unpaired) electrons. The average Bonchev–Trinajstić information content (AvgIpc) is 3.37. The summed E-state index contributed by atoms with van der Waals surface area (Å²) in [5, 5.41) is 0. The molecule has 0 amide bonds. The van der Waals surface area contributed by atoms with Crippen molar-refractivity contribution >= 4 is 17.9 Å². The predicted molar refractivity (Wildman–Crippen MR) is 156 cm³/mol. The third-order valence-corrected chi connectivity index (χ3v) is 6.48. The Morgan fingerprint density at radius 1 is 0.789 bits per heavy atom. The fourth-order valence-electron chi connectivity index (χ4n) is 4.53. The first kappa shape index (κ1) is 25.0. The Bertz CT molecular complexity index is 1530. The number of rotatable bonds is 8. The van der Waals surface area contributed by atoms with Crippen molar-refractivity contribution in [2.45, 2.75) is 20.3 Å². The summed E-state index contributed by atoms with van der Waals surface area (Å²) in [6.45, 7) is 4.31. The molecule has 0 N–H and O–H groups in total. The second-order valence-corrected chi connectivity index (χ2v) is 8.95. The summed E-state index contributed by atoms with van der Waals surface area (Å²) < 4.78 is 7.43. The first-order valence-corrected chi connectivity index (χ1v) is 12.9. The lowest BCUT2D eigenvalue weighted by Gasteiger charge is -2.15. The van der Waals surface area contributed by atoms with Crippen LogP contribution in [-0.4, -0.2) is 23.4 Å². The molecule has 4 heteroatoms. The maximum atomic E-state index is 12.3. The molecular formula is C34H30N2O2. The average molecular weight is 499 g/mol. The molecular weight excluding hydrogens is 468 g/mol. The molecule has 0 spiro atoms. The molecule has 1 heterocycles. The largest absolute Gasteiger partial charge is 0.462 e. The van der Waals surface area contributed by atoms with Crippen LogP contribution < -0.4 is 0 Å². The Labute approximate surface area is 223 Å². The van der Waals surface area contributed by atoms with Crippen molar-refractivity contribution in [1.29, 1.82) is 0 Å². The van der Waals surface area contributed by atoms with Gasteiger partial charge in [-0.2, -0.15) is 0 Å². The zero-order valence-corrected chi connectivity index (χ0v) is 21.7. The minimum atomic E-state index is -0.319. The van der Waals surface area contributed by atoms with Crippen LogP contribution in [-0.2, 0) is 11.2 Å². The Hall–Kier alpha value is -4.70. The highest BCUT2D eigenvalue weighted by molar-refractivity contribution is 5.95. The van der Waals surface area contributed by atoms with E-state index in [1.807, 2.05) is 73.8 Å². The number of aryl methyl sites for hydroxylation is 1. The van der Waals surface area contributed by atoms with E-state index in [0.717, 1.165) is 45.9 Å². The van der Waals surface area contributed by atoms with Gasteiger partial charge in [-0.1, -0.05) is 79.7 Å². The molecule has 0 aliphatic carbocycles. The maximum absolute atomic E-state index is 12.3. The monoisotopic (exact) mass is 498 g/mol. The predicted octanol–water partition coefficient (Wildman–Crippen LogP) is 8.30. The molecule has 1 aromatic heterocycles. The molecule has 0 aliphatic rings. The topological polar surface area (TPSA) is 43.6 Å². The molecule has 4 aromatic carbocycles. The third kappa shape index (κ3) is 5.35. The van der Waals surface area contributed by atoms with Crippen LogP contribution in [0.15, 0.2) is 120 Å². The van der Waals surface area contributed by atoms with Gasteiger partial charge in [-0.15, -0.1) is 0 Å². The molecule has 5 aromatic rings. The lowest BCUT2D eigenvalue weighted by Crippen LogP contribution is -2.05. The van der Waals surface area contributed by atoms with Crippen LogP contribution in [0, 0.1) is 0 Å². The number of benzene rings is 4. The highest BCUT2D eigenvalue weighted by Crippen LogP contribution is 2.35. The zero-order chi connectivity index (χ0) is 26.3. The van der Waals surface area contributed by atoms with Gasteiger partial charge in [0.1, 0.15) is 0 Å². The lowest BCUT2D eigenvalue weighted by molar-refractivity contribution is 0.0526. The van der Waals surface area contributed by atoms with E-state index in [1.54, 1.807) is 0 Å². The summed E-state index contributed by atoms with van der Waals surface area (Å²) in [4.78, 5) is 17.1. The van der Waals surface area contributed by atoms with E-state index in [4.69, 9.17) is 9.73 Å². The van der Waals surface area contributed by atoms with Gasteiger partial charge < -0.3 is 9.30 Å². The minimum Gasteiger partial charge on any atom is -0.462 e. The van der Waals surface area contributed by atoms with Crippen LogP contribution in [0.5, 0.6) is 0 Å². The van der Waals surface area contributed by atoms with Gasteiger partial charge in [0.15, 0.2) is 0 Å². The van der Waals surface area contributed by atoms with Gasteiger partial charge in [-0.3, -0.25) is 4.99 Å². The molecule has 5 rings (SSSR count). The Balaban J connectivity index is 1.69. The van der Waals surface area contributed by atoms with Gasteiger partial charge in [0.2, 0.25) is 0 Å². The van der Waals surface area contributed by atoms with E-state index in [9.17, 15) is 4.79 Å². The standard InChI is InChI=1S/C34H30N2O2/c1-3-25-15-19-30(20-16-25)35-24-29-23-32(26-11-7-5-8-12-26)36(33(29)27-13-9-6-10-14-27)31-21-17-28(18-22-31)34(37)38-4-2/h5-24H,3-4H2,1-2H3. The zero-order valence-electron chi connectivity index (χ0n) is 21.7. The van der Waals surface area contributed by atoms with E-state index < -0.39 is 0 Å². The van der Waals surface area contributed by atoms with Crippen molar-refractivity contribution in [3.05, 3.63) is 132 Å². The van der Waals surface area contributed by atoms with Crippen LogP contribution >= 0.6 is 0 Å². The fourth-order valence-corrected chi connectivity index (χ4v) is 4.53. The highest BCUT2D eigenvalue weighted by Gasteiger charge is 2.19. The molecule has 0 unspecified atom stereocenters. The Kier molecular flexibility index (Phi) is 7.60. The van der Waals surface area contributed by atoms with E-state index in [-0.39, 0.29) is 5.97 Å². The molecule has 0 bridgehead atoms.